The van der Waals surface area contributed by atoms with Crippen LogP contribution in [0, 0.1) is 0 Å². The monoisotopic (exact) mass is 786 g/mol. The van der Waals surface area contributed by atoms with Crippen molar-refractivity contribution in [3.05, 3.63) is 35.4 Å². The van der Waals surface area contributed by atoms with E-state index in [-0.39, 0.29) is 32.5 Å². The topological polar surface area (TPSA) is 339 Å². The van der Waals surface area contributed by atoms with E-state index in [1.54, 1.807) is 6.07 Å². The van der Waals surface area contributed by atoms with E-state index in [0.29, 0.717) is 5.56 Å². The average Bonchev–Trinajstić information content (AvgIpc) is 3.43. The average molecular weight is 787 g/mol. The summed E-state index contributed by atoms with van der Waals surface area (Å²) in [6, 6.07) is 0.350. The molecule has 1 aromatic rings. The Morgan fingerprint density at radius 1 is 0.704 bits per heavy atom. The van der Waals surface area contributed by atoms with Crippen LogP contribution in [0.15, 0.2) is 24.3 Å². The highest BCUT2D eigenvalue weighted by molar-refractivity contribution is 5.25. The summed E-state index contributed by atoms with van der Waals surface area (Å²) >= 11 is 0. The van der Waals surface area contributed by atoms with E-state index in [4.69, 9.17) is 57.1 Å². The van der Waals surface area contributed by atoms with E-state index in [0.717, 1.165) is 12.1 Å². The number of hydrogen-bond acceptors (Lipinski definition) is 19. The van der Waals surface area contributed by atoms with Crippen molar-refractivity contribution in [3.8, 4) is 0 Å². The molecule has 0 unspecified atom stereocenters. The molecular weight excluding hydrogens is 733 g/mol. The Morgan fingerprint density at radius 2 is 1.28 bits per heavy atom. The predicted molar refractivity (Wildman–Crippen MR) is 177 cm³/mol. The molecule has 0 bridgehead atoms. The van der Waals surface area contributed by atoms with Crippen molar-refractivity contribution in [2.45, 2.75) is 135 Å². The molecule has 1 aliphatic carbocycles. The molecule has 19 nitrogen and oxygen atoms in total. The minimum absolute atomic E-state index is 0.0197. The van der Waals surface area contributed by atoms with E-state index in [9.17, 15) is 48.9 Å². The SMILES string of the molecule is NC[C@@H]1O[C@H](O[C@H]2[C@@H](O)[C@H](O[C@@H]3[C@@H](O)[C@H](N)C[C@H](N)[C@H]3O[C@H]3O[C@H](CNCCc4cccc(C(F)(F)F)c4)[C@@H](O)[C@H](O)[C@H]3N)O[C@@H]2CO)[C@H](N)[C@@H](O)[C@@H]1O. The molecule has 0 amide bonds. The number of aliphatic hydroxyl groups is 7. The van der Waals surface area contributed by atoms with E-state index >= 15 is 0 Å². The summed E-state index contributed by atoms with van der Waals surface area (Å²) < 4.78 is 74.5. The molecule has 3 aliphatic heterocycles. The molecule has 1 aromatic carbocycles. The Balaban J connectivity index is 1.24. The summed E-state index contributed by atoms with van der Waals surface area (Å²) in [6.07, 6.45) is -25.3. The minimum atomic E-state index is -4.49. The van der Waals surface area contributed by atoms with Gasteiger partial charge in [-0.25, -0.2) is 0 Å². The Morgan fingerprint density at radius 3 is 1.89 bits per heavy atom. The standard InChI is InChI=1S/C32H53F3N6O13/c33-32(34,35)12-3-1-2-11(6-12)4-5-41-9-16-22(45)24(47)19(40)30(50-16)52-26-14(38)7-13(37)20(43)28(26)54-31-25(48)27(17(10-42)51-31)53-29-18(39)23(46)21(44)15(8-36)49-29/h1-3,6,13-31,41-48H,4-5,7-10,36-40H2/t13-,14+,15+,16-,17-,18-,19-,20+,21-,22-,23-,24-,25-,26-,27-,28-,29-,30-,31+/m1/s1. The molecule has 0 spiro atoms. The number of halogens is 3. The number of aliphatic hydroxyl groups excluding tert-OH is 7. The van der Waals surface area contributed by atoms with Crippen molar-refractivity contribution < 1.29 is 77.3 Å². The number of hydrogen-bond donors (Lipinski definition) is 13. The second-order valence-electron chi connectivity index (χ2n) is 14.2. The molecule has 5 rings (SSSR count). The van der Waals surface area contributed by atoms with Crippen molar-refractivity contribution in [3.63, 3.8) is 0 Å². The maximum Gasteiger partial charge on any atom is 0.416 e. The quantitative estimate of drug-likeness (QED) is 0.0828. The van der Waals surface area contributed by atoms with Crippen LogP contribution >= 0.6 is 0 Å². The van der Waals surface area contributed by atoms with Crippen LogP contribution in [0.2, 0.25) is 0 Å². The lowest BCUT2D eigenvalue weighted by Crippen LogP contribution is -2.68. The van der Waals surface area contributed by atoms with Gasteiger partial charge in [-0.2, -0.15) is 13.2 Å². The van der Waals surface area contributed by atoms with E-state index in [1.807, 2.05) is 0 Å². The molecule has 22 heteroatoms. The van der Waals surface area contributed by atoms with Crippen LogP contribution in [-0.2, 0) is 41.0 Å². The maximum atomic E-state index is 13.1. The zero-order chi connectivity index (χ0) is 39.6. The summed E-state index contributed by atoms with van der Waals surface area (Å²) in [5, 5.41) is 77.6. The molecule has 310 valence electrons. The van der Waals surface area contributed by atoms with Crippen molar-refractivity contribution in [2.75, 3.05) is 26.2 Å². The van der Waals surface area contributed by atoms with Gasteiger partial charge in [-0.15, -0.1) is 0 Å². The van der Waals surface area contributed by atoms with Gasteiger partial charge in [0.05, 0.1) is 30.4 Å². The van der Waals surface area contributed by atoms with Gasteiger partial charge in [0.2, 0.25) is 0 Å². The van der Waals surface area contributed by atoms with Gasteiger partial charge in [0, 0.05) is 25.2 Å². The van der Waals surface area contributed by atoms with E-state index in [2.05, 4.69) is 5.32 Å². The van der Waals surface area contributed by atoms with Gasteiger partial charge in [-0.3, -0.25) is 0 Å². The highest BCUT2D eigenvalue weighted by atomic mass is 19.4. The molecule has 18 N–H and O–H groups in total. The molecule has 0 radical (unpaired) electrons. The lowest BCUT2D eigenvalue weighted by Gasteiger charge is -2.47. The fourth-order valence-electron chi connectivity index (χ4n) is 7.10. The molecule has 0 aromatic heterocycles. The van der Waals surface area contributed by atoms with E-state index in [1.165, 1.54) is 6.07 Å². The van der Waals surface area contributed by atoms with Crippen molar-refractivity contribution in [1.82, 2.24) is 5.32 Å². The van der Waals surface area contributed by atoms with Gasteiger partial charge >= 0.3 is 6.18 Å². The van der Waals surface area contributed by atoms with Crippen LogP contribution < -0.4 is 34.0 Å². The fourth-order valence-corrected chi connectivity index (χ4v) is 7.10. The lowest BCUT2D eigenvalue weighted by atomic mass is 9.84. The predicted octanol–water partition coefficient (Wildman–Crippen LogP) is -6.00. The van der Waals surface area contributed by atoms with Gasteiger partial charge in [0.15, 0.2) is 18.9 Å². The molecule has 1 saturated carbocycles. The fraction of sp³-hybridized carbons (Fsp3) is 0.812. The zero-order valence-corrected chi connectivity index (χ0v) is 29.1. The number of nitrogens with two attached hydrogens (primary N) is 5. The number of nitrogens with one attached hydrogen (secondary N) is 1. The van der Waals surface area contributed by atoms with Gasteiger partial charge < -0.3 is 98.2 Å². The highest BCUT2D eigenvalue weighted by Crippen LogP contribution is 2.35. The second kappa shape index (κ2) is 18.2. The van der Waals surface area contributed by atoms with Crippen LogP contribution in [0.4, 0.5) is 13.2 Å². The van der Waals surface area contributed by atoms with E-state index < -0.39 is 135 Å². The van der Waals surface area contributed by atoms with Crippen molar-refractivity contribution in [2.24, 2.45) is 28.7 Å². The summed E-state index contributed by atoms with van der Waals surface area (Å²) in [4.78, 5) is 0. The van der Waals surface area contributed by atoms with Crippen LogP contribution in [0.3, 0.4) is 0 Å². The lowest BCUT2D eigenvalue weighted by molar-refractivity contribution is -0.307. The Kier molecular flexibility index (Phi) is 14.6. The zero-order valence-electron chi connectivity index (χ0n) is 29.1. The molecule has 3 heterocycles. The number of benzene rings is 1. The summed E-state index contributed by atoms with van der Waals surface area (Å²) in [7, 11) is 0. The Hall–Kier alpha value is -1.75. The van der Waals surface area contributed by atoms with Crippen LogP contribution in [0.25, 0.3) is 0 Å². The van der Waals surface area contributed by atoms with Crippen molar-refractivity contribution in [1.29, 1.82) is 0 Å². The first-order chi connectivity index (χ1) is 25.5. The van der Waals surface area contributed by atoms with Crippen LogP contribution in [0.5, 0.6) is 0 Å². The van der Waals surface area contributed by atoms with Gasteiger partial charge in [-0.1, -0.05) is 18.2 Å². The smallest absolute Gasteiger partial charge is 0.394 e. The Labute approximate surface area is 308 Å². The third kappa shape index (κ3) is 9.50. The van der Waals surface area contributed by atoms with Gasteiger partial charge in [-0.05, 0) is 31.0 Å². The first-order valence-electron chi connectivity index (χ1n) is 17.7. The normalized spacial score (nSPS) is 44.8. The number of ether oxygens (including phenoxy) is 6. The first-order valence-corrected chi connectivity index (χ1v) is 17.7. The summed E-state index contributed by atoms with van der Waals surface area (Å²) in [5.41, 5.74) is 30.0. The van der Waals surface area contributed by atoms with Gasteiger partial charge in [0.1, 0.15) is 67.1 Å². The largest absolute Gasteiger partial charge is 0.416 e. The molecule has 3 saturated heterocycles. The highest BCUT2D eigenvalue weighted by Gasteiger charge is 2.54. The second-order valence-corrected chi connectivity index (χ2v) is 14.2. The molecule has 4 fully saturated rings. The van der Waals surface area contributed by atoms with Crippen molar-refractivity contribution >= 4 is 0 Å². The number of alkyl halides is 3. The van der Waals surface area contributed by atoms with Gasteiger partial charge in [0.25, 0.3) is 0 Å². The summed E-state index contributed by atoms with van der Waals surface area (Å²) in [5.74, 6) is 0. The minimum Gasteiger partial charge on any atom is -0.394 e. The Bertz CT molecular complexity index is 1350. The molecular formula is C32H53F3N6O13. The third-order valence-corrected chi connectivity index (χ3v) is 10.3. The maximum absolute atomic E-state index is 13.1. The first kappa shape index (κ1) is 43.4. The summed E-state index contributed by atoms with van der Waals surface area (Å²) in [6.45, 7) is -0.777. The molecule has 19 atom stereocenters. The molecule has 54 heavy (non-hydrogen) atoms. The third-order valence-electron chi connectivity index (χ3n) is 10.3. The van der Waals surface area contributed by atoms with Crippen LogP contribution in [0.1, 0.15) is 17.5 Å². The number of rotatable bonds is 13. The molecule has 4 aliphatic rings. The van der Waals surface area contributed by atoms with Crippen LogP contribution in [-0.4, -0.2) is 178 Å².